The van der Waals surface area contributed by atoms with Crippen LogP contribution in [0.3, 0.4) is 0 Å². The Hall–Kier alpha value is -0.720. The maximum Gasteiger partial charge on any atom is 0.161 e. The molecule has 6 heteroatoms. The van der Waals surface area contributed by atoms with Crippen molar-refractivity contribution in [2.45, 2.75) is 37.8 Å². The molecule has 1 fully saturated rings. The van der Waals surface area contributed by atoms with Gasteiger partial charge in [-0.2, -0.15) is 0 Å². The summed E-state index contributed by atoms with van der Waals surface area (Å²) in [6.45, 7) is 0. The Kier molecular flexibility index (Phi) is 4.99. The number of likely N-dealkylation sites (N-methyl/N-ethyl adjacent to an activating group) is 1. The van der Waals surface area contributed by atoms with Crippen LogP contribution in [0.15, 0.2) is 16.6 Å². The SMILES string of the molecule is CN(c1ccc(C(N)=S)c(Br)c1F)C1CCCCC1O. The highest BCUT2D eigenvalue weighted by molar-refractivity contribution is 9.10. The predicted molar refractivity (Wildman–Crippen MR) is 86.7 cm³/mol. The van der Waals surface area contributed by atoms with Gasteiger partial charge in [0.2, 0.25) is 0 Å². The largest absolute Gasteiger partial charge is 0.391 e. The average Bonchev–Trinajstić information content (AvgIpc) is 2.41. The van der Waals surface area contributed by atoms with E-state index in [1.807, 2.05) is 11.9 Å². The van der Waals surface area contributed by atoms with Crippen LogP contribution >= 0.6 is 28.1 Å². The van der Waals surface area contributed by atoms with Crippen LogP contribution < -0.4 is 10.6 Å². The molecule has 2 rings (SSSR count). The molecule has 2 atom stereocenters. The van der Waals surface area contributed by atoms with Gasteiger partial charge in [-0.3, -0.25) is 0 Å². The fraction of sp³-hybridized carbons (Fsp3) is 0.500. The van der Waals surface area contributed by atoms with Crippen LogP contribution in [0.25, 0.3) is 0 Å². The number of hydrogen-bond donors (Lipinski definition) is 2. The van der Waals surface area contributed by atoms with E-state index in [0.717, 1.165) is 25.7 Å². The highest BCUT2D eigenvalue weighted by atomic mass is 79.9. The van der Waals surface area contributed by atoms with Crippen LogP contribution in [0.2, 0.25) is 0 Å². The lowest BCUT2D eigenvalue weighted by molar-refractivity contribution is 0.106. The maximum absolute atomic E-state index is 14.5. The summed E-state index contributed by atoms with van der Waals surface area (Å²) in [5.74, 6) is -0.393. The molecule has 110 valence electrons. The second kappa shape index (κ2) is 6.37. The molecular weight excluding hydrogens is 343 g/mol. The molecule has 20 heavy (non-hydrogen) atoms. The zero-order valence-corrected chi connectivity index (χ0v) is 13.7. The molecule has 0 heterocycles. The summed E-state index contributed by atoms with van der Waals surface area (Å²) in [7, 11) is 1.81. The summed E-state index contributed by atoms with van der Waals surface area (Å²) >= 11 is 8.10. The van der Waals surface area contributed by atoms with E-state index >= 15 is 0 Å². The third-order valence-corrected chi connectivity index (χ3v) is 4.89. The fourth-order valence-corrected chi connectivity index (χ4v) is 3.57. The lowest BCUT2D eigenvalue weighted by Crippen LogP contribution is -2.43. The lowest BCUT2D eigenvalue weighted by atomic mass is 9.91. The first-order valence-electron chi connectivity index (χ1n) is 6.62. The van der Waals surface area contributed by atoms with Crippen LogP contribution in [0.4, 0.5) is 10.1 Å². The number of anilines is 1. The van der Waals surface area contributed by atoms with Gasteiger partial charge in [-0.1, -0.05) is 25.1 Å². The Morgan fingerprint density at radius 3 is 2.70 bits per heavy atom. The van der Waals surface area contributed by atoms with Crippen LogP contribution in [-0.4, -0.2) is 29.3 Å². The number of benzene rings is 1. The number of aliphatic hydroxyl groups is 1. The van der Waals surface area contributed by atoms with Gasteiger partial charge in [0.05, 0.1) is 22.3 Å². The smallest absolute Gasteiger partial charge is 0.161 e. The van der Waals surface area contributed by atoms with E-state index in [4.69, 9.17) is 18.0 Å². The van der Waals surface area contributed by atoms with Gasteiger partial charge >= 0.3 is 0 Å². The minimum Gasteiger partial charge on any atom is -0.391 e. The van der Waals surface area contributed by atoms with E-state index in [1.54, 1.807) is 12.1 Å². The summed E-state index contributed by atoms with van der Waals surface area (Å²) in [5.41, 5.74) is 6.49. The van der Waals surface area contributed by atoms with Crippen molar-refractivity contribution in [1.82, 2.24) is 0 Å². The highest BCUT2D eigenvalue weighted by Crippen LogP contribution is 2.33. The van der Waals surface area contributed by atoms with Crippen molar-refractivity contribution >= 4 is 38.8 Å². The van der Waals surface area contributed by atoms with Gasteiger partial charge in [-0.15, -0.1) is 0 Å². The number of aliphatic hydroxyl groups excluding tert-OH is 1. The molecule has 1 aliphatic carbocycles. The fourth-order valence-electron chi connectivity index (χ4n) is 2.72. The number of halogens is 2. The molecule has 0 amide bonds. The van der Waals surface area contributed by atoms with Crippen molar-refractivity contribution in [3.8, 4) is 0 Å². The maximum atomic E-state index is 14.5. The molecule has 0 saturated heterocycles. The van der Waals surface area contributed by atoms with E-state index in [-0.39, 0.29) is 15.5 Å². The molecule has 1 saturated carbocycles. The molecule has 0 bridgehead atoms. The van der Waals surface area contributed by atoms with Gasteiger partial charge in [0.25, 0.3) is 0 Å². The zero-order chi connectivity index (χ0) is 14.9. The van der Waals surface area contributed by atoms with Gasteiger partial charge in [-0.05, 0) is 40.9 Å². The molecule has 0 spiro atoms. The van der Waals surface area contributed by atoms with Crippen molar-refractivity contribution < 1.29 is 9.50 Å². The zero-order valence-electron chi connectivity index (χ0n) is 11.3. The highest BCUT2D eigenvalue weighted by Gasteiger charge is 2.28. The Balaban J connectivity index is 2.33. The lowest BCUT2D eigenvalue weighted by Gasteiger charge is -2.37. The topological polar surface area (TPSA) is 49.5 Å². The Labute approximate surface area is 132 Å². The summed E-state index contributed by atoms with van der Waals surface area (Å²) in [6, 6.07) is 3.31. The first-order valence-corrected chi connectivity index (χ1v) is 7.82. The number of nitrogens with two attached hydrogens (primary N) is 1. The molecule has 0 aromatic heterocycles. The van der Waals surface area contributed by atoms with Gasteiger partial charge in [0.1, 0.15) is 4.99 Å². The summed E-state index contributed by atoms with van der Waals surface area (Å²) in [5, 5.41) is 10.1. The third kappa shape index (κ3) is 2.97. The average molecular weight is 361 g/mol. The molecule has 1 aromatic carbocycles. The Bertz CT molecular complexity index is 526. The monoisotopic (exact) mass is 360 g/mol. The molecule has 1 aromatic rings. The van der Waals surface area contributed by atoms with Crippen molar-refractivity contribution in [1.29, 1.82) is 0 Å². The van der Waals surface area contributed by atoms with Gasteiger partial charge < -0.3 is 15.7 Å². The third-order valence-electron chi connectivity index (χ3n) is 3.90. The van der Waals surface area contributed by atoms with E-state index < -0.39 is 11.9 Å². The van der Waals surface area contributed by atoms with Crippen LogP contribution in [0, 0.1) is 5.82 Å². The standard InChI is InChI=1S/C14H18BrFN2OS/c1-18(9-4-2-3-5-11(9)19)10-7-6-8(14(17)20)12(15)13(10)16/h6-7,9,11,19H,2-5H2,1H3,(H2,17,20). The normalized spacial score (nSPS) is 22.6. The second-order valence-electron chi connectivity index (χ2n) is 5.15. The van der Waals surface area contributed by atoms with Crippen molar-refractivity contribution in [2.75, 3.05) is 11.9 Å². The number of thiocarbonyl (C=S) groups is 1. The van der Waals surface area contributed by atoms with E-state index in [2.05, 4.69) is 15.9 Å². The molecule has 0 radical (unpaired) electrons. The Morgan fingerprint density at radius 1 is 1.45 bits per heavy atom. The molecule has 3 N–H and O–H groups in total. The van der Waals surface area contributed by atoms with E-state index in [1.165, 1.54) is 0 Å². The van der Waals surface area contributed by atoms with E-state index in [0.29, 0.717) is 11.3 Å². The number of rotatable bonds is 3. The van der Waals surface area contributed by atoms with E-state index in [9.17, 15) is 9.50 Å². The number of nitrogens with zero attached hydrogens (tertiary/aromatic N) is 1. The molecule has 1 aliphatic rings. The quantitative estimate of drug-likeness (QED) is 0.813. The first kappa shape index (κ1) is 15.7. The first-order chi connectivity index (χ1) is 9.43. The summed E-state index contributed by atoms with van der Waals surface area (Å²) < 4.78 is 14.7. The molecule has 3 nitrogen and oxygen atoms in total. The Morgan fingerprint density at radius 2 is 2.10 bits per heavy atom. The van der Waals surface area contributed by atoms with Crippen LogP contribution in [0.5, 0.6) is 0 Å². The van der Waals surface area contributed by atoms with Crippen molar-refractivity contribution in [3.05, 3.63) is 28.0 Å². The van der Waals surface area contributed by atoms with Crippen LogP contribution in [0.1, 0.15) is 31.2 Å². The second-order valence-corrected chi connectivity index (χ2v) is 6.39. The minimum absolute atomic E-state index is 0.0548. The van der Waals surface area contributed by atoms with Gasteiger partial charge in [0, 0.05) is 12.6 Å². The van der Waals surface area contributed by atoms with Crippen molar-refractivity contribution in [2.24, 2.45) is 5.73 Å². The predicted octanol–water partition coefficient (Wildman–Crippen LogP) is 2.96. The van der Waals surface area contributed by atoms with Crippen molar-refractivity contribution in [3.63, 3.8) is 0 Å². The summed E-state index contributed by atoms with van der Waals surface area (Å²) in [4.78, 5) is 1.97. The number of hydrogen-bond acceptors (Lipinski definition) is 3. The molecule has 0 aliphatic heterocycles. The van der Waals surface area contributed by atoms with Gasteiger partial charge in [0.15, 0.2) is 5.82 Å². The summed E-state index contributed by atoms with van der Waals surface area (Å²) in [6.07, 6.45) is 3.30. The molecular formula is C14H18BrFN2OS. The van der Waals surface area contributed by atoms with Crippen LogP contribution in [-0.2, 0) is 0 Å². The van der Waals surface area contributed by atoms with Gasteiger partial charge in [-0.25, -0.2) is 4.39 Å². The molecule has 2 unspecified atom stereocenters. The minimum atomic E-state index is -0.415.